The smallest absolute Gasteiger partial charge is 0.417 e. The van der Waals surface area contributed by atoms with Gasteiger partial charge in [0.05, 0.1) is 10.6 Å². The number of anilines is 3. The Labute approximate surface area is 179 Å². The van der Waals surface area contributed by atoms with Crippen LogP contribution < -0.4 is 20.7 Å². The number of urea groups is 1. The molecule has 0 radical (unpaired) electrons. The molecular weight excluding hydrogens is 435 g/mol. The number of nitrogens with one attached hydrogen (secondary N) is 1. The van der Waals surface area contributed by atoms with Crippen LogP contribution in [0.15, 0.2) is 48.7 Å². The zero-order valence-corrected chi connectivity index (χ0v) is 16.5. The molecule has 0 saturated heterocycles. The first kappa shape index (κ1) is 20.7. The molecule has 0 aliphatic carbocycles. The number of halogens is 4. The molecule has 31 heavy (non-hydrogen) atoms. The van der Waals surface area contributed by atoms with Crippen molar-refractivity contribution in [2.75, 3.05) is 22.5 Å². The number of hydrogen-bond acceptors (Lipinski definition) is 5. The summed E-state index contributed by atoms with van der Waals surface area (Å²) in [6, 6.07) is 9.36. The maximum atomic E-state index is 13.0. The predicted octanol–water partition coefficient (Wildman–Crippen LogP) is 5.12. The molecular formula is C20H15ClF3N5O2. The van der Waals surface area contributed by atoms with Crippen molar-refractivity contribution in [3.05, 3.63) is 64.8 Å². The van der Waals surface area contributed by atoms with Crippen molar-refractivity contribution in [3.63, 3.8) is 0 Å². The van der Waals surface area contributed by atoms with E-state index in [1.54, 1.807) is 24.3 Å². The fourth-order valence-corrected chi connectivity index (χ4v) is 3.42. The number of alkyl halides is 3. The summed E-state index contributed by atoms with van der Waals surface area (Å²) in [5.41, 5.74) is 6.00. The molecule has 3 N–H and O–H groups in total. The topological polar surface area (TPSA) is 93.4 Å². The lowest BCUT2D eigenvalue weighted by Crippen LogP contribution is -2.33. The third-order valence-electron chi connectivity index (χ3n) is 4.59. The standard InChI is InChI=1S/C20H15ClF3N5O2/c21-15-3-1-12(10-14(15)20(22,23)24)27-19(30)29-8-6-11-9-13(2-4-16(11)29)31-17-5-7-26-18(25)28-17/h1-5,7,9-10H,6,8H2,(H,27,30)(H2,25,26,28). The lowest BCUT2D eigenvalue weighted by Gasteiger charge is -2.19. The molecule has 4 rings (SSSR count). The summed E-state index contributed by atoms with van der Waals surface area (Å²) < 4.78 is 44.8. The number of nitrogens with zero attached hydrogens (tertiary/aromatic N) is 3. The first-order chi connectivity index (χ1) is 14.7. The number of benzene rings is 2. The highest BCUT2D eigenvalue weighted by molar-refractivity contribution is 6.31. The van der Waals surface area contributed by atoms with Gasteiger partial charge in [0.25, 0.3) is 0 Å². The van der Waals surface area contributed by atoms with Crippen molar-refractivity contribution in [3.8, 4) is 11.6 Å². The van der Waals surface area contributed by atoms with Gasteiger partial charge in [-0.05, 0) is 48.4 Å². The summed E-state index contributed by atoms with van der Waals surface area (Å²) in [7, 11) is 0. The minimum atomic E-state index is -4.62. The second-order valence-electron chi connectivity index (χ2n) is 6.67. The van der Waals surface area contributed by atoms with Crippen molar-refractivity contribution < 1.29 is 22.7 Å². The number of carbonyl (C=O) groups excluding carboxylic acids is 1. The fraction of sp³-hybridized carbons (Fsp3) is 0.150. The molecule has 11 heteroatoms. The van der Waals surface area contributed by atoms with Crippen LogP contribution in [-0.2, 0) is 12.6 Å². The van der Waals surface area contributed by atoms with Crippen LogP contribution in [0.5, 0.6) is 11.6 Å². The van der Waals surface area contributed by atoms with E-state index in [9.17, 15) is 18.0 Å². The number of fused-ring (bicyclic) bond motifs is 1. The summed E-state index contributed by atoms with van der Waals surface area (Å²) in [5, 5.41) is 2.06. The van der Waals surface area contributed by atoms with Gasteiger partial charge in [0.1, 0.15) is 5.75 Å². The summed E-state index contributed by atoms with van der Waals surface area (Å²) >= 11 is 5.62. The minimum absolute atomic E-state index is 0.00326. The van der Waals surface area contributed by atoms with E-state index in [2.05, 4.69) is 15.3 Å². The number of nitrogen functional groups attached to an aromatic ring is 1. The number of aromatic nitrogens is 2. The third kappa shape index (κ3) is 4.48. The third-order valence-corrected chi connectivity index (χ3v) is 4.92. The number of nitrogens with two attached hydrogens (primary N) is 1. The normalized spacial score (nSPS) is 13.1. The maximum Gasteiger partial charge on any atom is 0.417 e. The molecule has 1 aliphatic rings. The quantitative estimate of drug-likeness (QED) is 0.579. The van der Waals surface area contributed by atoms with E-state index < -0.39 is 22.8 Å². The Morgan fingerprint density at radius 2 is 2.00 bits per heavy atom. The van der Waals surface area contributed by atoms with Gasteiger partial charge in [0, 0.05) is 30.2 Å². The number of rotatable bonds is 3. The second-order valence-corrected chi connectivity index (χ2v) is 7.08. The van der Waals surface area contributed by atoms with Crippen molar-refractivity contribution in [1.82, 2.24) is 9.97 Å². The van der Waals surface area contributed by atoms with Crippen molar-refractivity contribution in [2.24, 2.45) is 0 Å². The summed E-state index contributed by atoms with van der Waals surface area (Å²) in [5.74, 6) is 0.868. The van der Waals surface area contributed by atoms with Gasteiger partial charge in [-0.15, -0.1) is 0 Å². The summed E-state index contributed by atoms with van der Waals surface area (Å²) in [6.45, 7) is 0.366. The molecule has 1 aliphatic heterocycles. The van der Waals surface area contributed by atoms with Crippen LogP contribution >= 0.6 is 11.6 Å². The fourth-order valence-electron chi connectivity index (χ4n) is 3.20. The maximum absolute atomic E-state index is 13.0. The van der Waals surface area contributed by atoms with Gasteiger partial charge in [0.15, 0.2) is 0 Å². The van der Waals surface area contributed by atoms with E-state index in [1.807, 2.05) is 0 Å². The molecule has 7 nitrogen and oxygen atoms in total. The van der Waals surface area contributed by atoms with Crippen LogP contribution in [0, 0.1) is 0 Å². The molecule has 0 unspecified atom stereocenters. The van der Waals surface area contributed by atoms with E-state index in [4.69, 9.17) is 22.1 Å². The van der Waals surface area contributed by atoms with Crippen LogP contribution in [-0.4, -0.2) is 22.5 Å². The molecule has 2 amide bonds. The number of hydrogen-bond donors (Lipinski definition) is 2. The van der Waals surface area contributed by atoms with Gasteiger partial charge in [-0.25, -0.2) is 9.78 Å². The Bertz CT molecular complexity index is 1160. The Hall–Kier alpha value is -3.53. The SMILES string of the molecule is Nc1nccc(Oc2ccc3c(c2)CCN3C(=O)Nc2ccc(Cl)c(C(F)(F)F)c2)n1. The molecule has 0 saturated carbocycles. The highest BCUT2D eigenvalue weighted by Gasteiger charge is 2.34. The van der Waals surface area contributed by atoms with E-state index in [1.165, 1.54) is 17.2 Å². The number of ether oxygens (including phenoxy) is 1. The Morgan fingerprint density at radius 1 is 1.19 bits per heavy atom. The average molecular weight is 450 g/mol. The van der Waals surface area contributed by atoms with Gasteiger partial charge < -0.3 is 15.8 Å². The minimum Gasteiger partial charge on any atom is -0.439 e. The van der Waals surface area contributed by atoms with Crippen LogP contribution in [0.25, 0.3) is 0 Å². The monoisotopic (exact) mass is 449 g/mol. The van der Waals surface area contributed by atoms with Gasteiger partial charge in [-0.1, -0.05) is 11.6 Å². The lowest BCUT2D eigenvalue weighted by atomic mass is 10.1. The molecule has 2 aromatic carbocycles. The average Bonchev–Trinajstić information content (AvgIpc) is 3.12. The van der Waals surface area contributed by atoms with Crippen LogP contribution in [0.1, 0.15) is 11.1 Å². The Balaban J connectivity index is 1.50. The van der Waals surface area contributed by atoms with E-state index in [-0.39, 0.29) is 17.5 Å². The van der Waals surface area contributed by atoms with Gasteiger partial charge >= 0.3 is 12.2 Å². The molecule has 1 aromatic heterocycles. The molecule has 160 valence electrons. The van der Waals surface area contributed by atoms with Crippen LogP contribution in [0.3, 0.4) is 0 Å². The van der Waals surface area contributed by atoms with E-state index in [0.717, 1.165) is 17.7 Å². The van der Waals surface area contributed by atoms with Gasteiger partial charge in [-0.3, -0.25) is 4.90 Å². The molecule has 2 heterocycles. The molecule has 0 atom stereocenters. The zero-order chi connectivity index (χ0) is 22.2. The van der Waals surface area contributed by atoms with Crippen LogP contribution in [0.4, 0.5) is 35.3 Å². The molecule has 0 fully saturated rings. The van der Waals surface area contributed by atoms with Crippen molar-refractivity contribution in [2.45, 2.75) is 12.6 Å². The first-order valence-electron chi connectivity index (χ1n) is 9.05. The van der Waals surface area contributed by atoms with Gasteiger partial charge in [-0.2, -0.15) is 18.2 Å². The molecule has 3 aromatic rings. The second kappa shape index (κ2) is 7.95. The van der Waals surface area contributed by atoms with Gasteiger partial charge in [0.2, 0.25) is 11.8 Å². The summed E-state index contributed by atoms with van der Waals surface area (Å²) in [6.07, 6.45) is -2.60. The number of amides is 2. The highest BCUT2D eigenvalue weighted by atomic mass is 35.5. The summed E-state index contributed by atoms with van der Waals surface area (Å²) in [4.78, 5) is 21.9. The largest absolute Gasteiger partial charge is 0.439 e. The molecule has 0 bridgehead atoms. The Morgan fingerprint density at radius 3 is 2.74 bits per heavy atom. The Kier molecular flexibility index (Phi) is 5.32. The van der Waals surface area contributed by atoms with Crippen molar-refractivity contribution >= 4 is 35.0 Å². The molecule has 0 spiro atoms. The number of carbonyl (C=O) groups is 1. The van der Waals surface area contributed by atoms with Crippen molar-refractivity contribution in [1.29, 1.82) is 0 Å². The first-order valence-corrected chi connectivity index (χ1v) is 9.43. The van der Waals surface area contributed by atoms with E-state index in [0.29, 0.717) is 24.4 Å². The van der Waals surface area contributed by atoms with E-state index >= 15 is 0 Å². The lowest BCUT2D eigenvalue weighted by molar-refractivity contribution is -0.137. The zero-order valence-electron chi connectivity index (χ0n) is 15.8. The van der Waals surface area contributed by atoms with Crippen LogP contribution in [0.2, 0.25) is 5.02 Å². The highest BCUT2D eigenvalue weighted by Crippen LogP contribution is 2.37. The predicted molar refractivity (Wildman–Crippen MR) is 109 cm³/mol.